The first-order chi connectivity index (χ1) is 9.56. The van der Waals surface area contributed by atoms with Crippen LogP contribution in [0.2, 0.25) is 0 Å². The fraction of sp³-hybridized carbons (Fsp3) is 0.588. The van der Waals surface area contributed by atoms with Crippen LogP contribution in [0.1, 0.15) is 57.9 Å². The van der Waals surface area contributed by atoms with Crippen LogP contribution < -0.4 is 10.6 Å². The van der Waals surface area contributed by atoms with Crippen LogP contribution in [0.15, 0.2) is 24.3 Å². The summed E-state index contributed by atoms with van der Waals surface area (Å²) in [7, 11) is 0. The van der Waals surface area contributed by atoms with Crippen molar-refractivity contribution in [2.45, 2.75) is 58.4 Å². The van der Waals surface area contributed by atoms with Crippen LogP contribution in [0.25, 0.3) is 0 Å². The summed E-state index contributed by atoms with van der Waals surface area (Å²) in [5.41, 5.74) is 2.42. The maximum atomic E-state index is 5.43. The van der Waals surface area contributed by atoms with Crippen molar-refractivity contribution >= 4 is 23.0 Å². The Labute approximate surface area is 128 Å². The third-order valence-electron chi connectivity index (χ3n) is 4.26. The van der Waals surface area contributed by atoms with Gasteiger partial charge in [-0.3, -0.25) is 0 Å². The summed E-state index contributed by atoms with van der Waals surface area (Å²) in [6.07, 6.45) is 5.21. The molecule has 0 unspecified atom stereocenters. The van der Waals surface area contributed by atoms with Crippen LogP contribution in [0.4, 0.5) is 5.69 Å². The smallest absolute Gasteiger partial charge is 0.171 e. The van der Waals surface area contributed by atoms with Gasteiger partial charge in [0, 0.05) is 11.7 Å². The second kappa shape index (κ2) is 7.07. The molecule has 0 bridgehead atoms. The Morgan fingerprint density at radius 2 is 1.80 bits per heavy atom. The van der Waals surface area contributed by atoms with Crippen molar-refractivity contribution in [1.82, 2.24) is 5.32 Å². The molecule has 1 aromatic rings. The third-order valence-corrected chi connectivity index (χ3v) is 4.48. The summed E-state index contributed by atoms with van der Waals surface area (Å²) >= 11 is 5.43. The molecule has 2 rings (SSSR count). The summed E-state index contributed by atoms with van der Waals surface area (Å²) in [6, 6.07) is 9.07. The molecule has 0 heterocycles. The van der Waals surface area contributed by atoms with Gasteiger partial charge < -0.3 is 10.6 Å². The fourth-order valence-electron chi connectivity index (χ4n) is 2.82. The van der Waals surface area contributed by atoms with Gasteiger partial charge in [0.2, 0.25) is 0 Å². The summed E-state index contributed by atoms with van der Waals surface area (Å²) < 4.78 is 0. The zero-order valence-corrected chi connectivity index (χ0v) is 13.6. The Balaban J connectivity index is 1.87. The van der Waals surface area contributed by atoms with E-state index in [1.807, 2.05) is 0 Å². The number of rotatable bonds is 3. The highest BCUT2D eigenvalue weighted by atomic mass is 32.1. The number of thiocarbonyl (C=S) groups is 1. The van der Waals surface area contributed by atoms with Crippen molar-refractivity contribution < 1.29 is 0 Å². The van der Waals surface area contributed by atoms with Gasteiger partial charge in [-0.25, -0.2) is 0 Å². The summed E-state index contributed by atoms with van der Waals surface area (Å²) in [5, 5.41) is 7.52. The van der Waals surface area contributed by atoms with Crippen molar-refractivity contribution in [3.8, 4) is 0 Å². The molecule has 0 aromatic heterocycles. The van der Waals surface area contributed by atoms with Crippen molar-refractivity contribution in [3.63, 3.8) is 0 Å². The lowest BCUT2D eigenvalue weighted by Crippen LogP contribution is -2.43. The van der Waals surface area contributed by atoms with Crippen LogP contribution in [-0.2, 0) is 0 Å². The molecule has 1 aromatic carbocycles. The molecular formula is C17H26N2S. The SMILES string of the molecule is CC(C)c1ccc(NC(=S)N[C@@H]2CCCC[C@@H]2C)cc1. The minimum Gasteiger partial charge on any atom is -0.359 e. The van der Waals surface area contributed by atoms with E-state index in [-0.39, 0.29) is 0 Å². The molecule has 0 spiro atoms. The average molecular weight is 290 g/mol. The Bertz CT molecular complexity index is 439. The Kier molecular flexibility index (Phi) is 5.41. The molecule has 3 heteroatoms. The monoisotopic (exact) mass is 290 g/mol. The lowest BCUT2D eigenvalue weighted by molar-refractivity contribution is 0.309. The molecule has 1 aliphatic rings. The van der Waals surface area contributed by atoms with Crippen LogP contribution in [0.5, 0.6) is 0 Å². The van der Waals surface area contributed by atoms with Gasteiger partial charge in [-0.1, -0.05) is 45.7 Å². The summed E-state index contributed by atoms with van der Waals surface area (Å²) in [4.78, 5) is 0. The zero-order valence-electron chi connectivity index (χ0n) is 12.8. The van der Waals surface area contributed by atoms with E-state index in [4.69, 9.17) is 12.2 Å². The highest BCUT2D eigenvalue weighted by molar-refractivity contribution is 7.80. The van der Waals surface area contributed by atoms with Crippen LogP contribution in [0.3, 0.4) is 0 Å². The molecule has 1 aliphatic carbocycles. The summed E-state index contributed by atoms with van der Waals surface area (Å²) in [5.74, 6) is 1.28. The Hall–Kier alpha value is -1.09. The largest absolute Gasteiger partial charge is 0.359 e. The van der Waals surface area contributed by atoms with Gasteiger partial charge in [0.15, 0.2) is 5.11 Å². The van der Waals surface area contributed by atoms with Crippen molar-refractivity contribution in [2.75, 3.05) is 5.32 Å². The minimum atomic E-state index is 0.527. The van der Waals surface area contributed by atoms with Gasteiger partial charge in [-0.15, -0.1) is 0 Å². The first-order valence-corrected chi connectivity index (χ1v) is 8.14. The van der Waals surface area contributed by atoms with E-state index in [9.17, 15) is 0 Å². The van der Waals surface area contributed by atoms with E-state index >= 15 is 0 Å². The molecule has 110 valence electrons. The second-order valence-electron chi connectivity index (χ2n) is 6.24. The van der Waals surface area contributed by atoms with Crippen molar-refractivity contribution in [3.05, 3.63) is 29.8 Å². The van der Waals surface area contributed by atoms with E-state index in [0.29, 0.717) is 17.9 Å². The average Bonchev–Trinajstić information content (AvgIpc) is 2.42. The zero-order chi connectivity index (χ0) is 14.5. The first kappa shape index (κ1) is 15.3. The Morgan fingerprint density at radius 3 is 2.40 bits per heavy atom. The molecule has 2 nitrogen and oxygen atoms in total. The predicted octanol–water partition coefficient (Wildman–Crippen LogP) is 4.68. The first-order valence-electron chi connectivity index (χ1n) is 7.73. The standard InChI is InChI=1S/C17H26N2S/c1-12(2)14-8-10-15(11-9-14)18-17(20)19-16-7-5-4-6-13(16)3/h8-13,16H,4-7H2,1-3H3,(H2,18,19,20)/t13-,16+/m0/s1. The number of anilines is 1. The molecule has 1 saturated carbocycles. The third kappa shape index (κ3) is 4.20. The van der Waals surface area contributed by atoms with Gasteiger partial charge in [0.25, 0.3) is 0 Å². The molecule has 20 heavy (non-hydrogen) atoms. The van der Waals surface area contributed by atoms with E-state index < -0.39 is 0 Å². The molecule has 0 saturated heterocycles. The lowest BCUT2D eigenvalue weighted by atomic mass is 9.86. The molecule has 1 fully saturated rings. The maximum Gasteiger partial charge on any atom is 0.171 e. The molecule has 2 N–H and O–H groups in total. The van der Waals surface area contributed by atoms with E-state index in [2.05, 4.69) is 55.7 Å². The highest BCUT2D eigenvalue weighted by Crippen LogP contribution is 2.24. The number of hydrogen-bond donors (Lipinski definition) is 2. The van der Waals surface area contributed by atoms with Gasteiger partial charge in [0.05, 0.1) is 0 Å². The van der Waals surface area contributed by atoms with Gasteiger partial charge in [0.1, 0.15) is 0 Å². The van der Waals surface area contributed by atoms with E-state index in [1.54, 1.807) is 0 Å². The molecular weight excluding hydrogens is 264 g/mol. The summed E-state index contributed by atoms with van der Waals surface area (Å²) in [6.45, 7) is 6.73. The van der Waals surface area contributed by atoms with E-state index in [1.165, 1.54) is 31.2 Å². The van der Waals surface area contributed by atoms with Gasteiger partial charge >= 0.3 is 0 Å². The fourth-order valence-corrected chi connectivity index (χ4v) is 3.09. The highest BCUT2D eigenvalue weighted by Gasteiger charge is 2.21. The van der Waals surface area contributed by atoms with Gasteiger partial charge in [-0.05, 0) is 54.6 Å². The molecule has 0 aliphatic heterocycles. The quantitative estimate of drug-likeness (QED) is 0.791. The Morgan fingerprint density at radius 1 is 1.15 bits per heavy atom. The van der Waals surface area contributed by atoms with Crippen LogP contribution in [-0.4, -0.2) is 11.2 Å². The number of hydrogen-bond acceptors (Lipinski definition) is 1. The predicted molar refractivity (Wildman–Crippen MR) is 91.3 cm³/mol. The maximum absolute atomic E-state index is 5.43. The molecule has 0 amide bonds. The topological polar surface area (TPSA) is 24.1 Å². The van der Waals surface area contributed by atoms with Crippen LogP contribution >= 0.6 is 12.2 Å². The second-order valence-corrected chi connectivity index (χ2v) is 6.65. The molecule has 2 atom stereocenters. The normalized spacial score (nSPS) is 22.6. The number of nitrogens with one attached hydrogen (secondary N) is 2. The molecule has 0 radical (unpaired) electrons. The minimum absolute atomic E-state index is 0.527. The number of benzene rings is 1. The van der Waals surface area contributed by atoms with Crippen molar-refractivity contribution in [1.29, 1.82) is 0 Å². The van der Waals surface area contributed by atoms with Crippen LogP contribution in [0, 0.1) is 5.92 Å². The van der Waals surface area contributed by atoms with Gasteiger partial charge in [-0.2, -0.15) is 0 Å². The lowest BCUT2D eigenvalue weighted by Gasteiger charge is -2.30. The van der Waals surface area contributed by atoms with E-state index in [0.717, 1.165) is 10.8 Å². The van der Waals surface area contributed by atoms with Crippen molar-refractivity contribution in [2.24, 2.45) is 5.92 Å².